The second-order valence-electron chi connectivity index (χ2n) is 8.94. The number of morpholine rings is 1. The third-order valence-corrected chi connectivity index (χ3v) is 6.91. The van der Waals surface area contributed by atoms with Crippen LogP contribution in [0.4, 0.5) is 5.69 Å². The van der Waals surface area contributed by atoms with E-state index in [1.54, 1.807) is 6.20 Å². The Morgan fingerprint density at radius 2 is 2.23 bits per heavy atom. The van der Waals surface area contributed by atoms with Crippen molar-refractivity contribution in [3.63, 3.8) is 0 Å². The SMILES string of the molecule is CN1CCOC(CNC(=O)C2CN(c3ccc(C#N)c4ncccc34)CC23CC3)C1. The first-order chi connectivity index (χ1) is 14.6. The van der Waals surface area contributed by atoms with E-state index in [-0.39, 0.29) is 23.3 Å². The number of nitrogens with one attached hydrogen (secondary N) is 1. The Kier molecular flexibility index (Phi) is 4.84. The molecule has 0 radical (unpaired) electrons. The maximum atomic E-state index is 13.1. The number of aromatic nitrogens is 1. The highest BCUT2D eigenvalue weighted by molar-refractivity contribution is 5.96. The number of carbonyl (C=O) groups excluding carboxylic acids is 1. The van der Waals surface area contributed by atoms with Crippen molar-refractivity contribution in [3.05, 3.63) is 36.0 Å². The molecule has 2 aromatic rings. The standard InChI is InChI=1S/C23H27N5O2/c1-27-9-10-30-17(13-27)12-26-22(29)19-14-28(15-23(19)6-7-23)20-5-4-16(11-24)21-18(20)3-2-8-25-21/h2-5,8,17,19H,6-7,9-10,12-15H2,1H3,(H,26,29). The zero-order valence-electron chi connectivity index (χ0n) is 17.3. The normalized spacial score (nSPS) is 25.4. The van der Waals surface area contributed by atoms with Crippen molar-refractivity contribution < 1.29 is 9.53 Å². The van der Waals surface area contributed by atoms with Crippen molar-refractivity contribution in [2.24, 2.45) is 11.3 Å². The third-order valence-electron chi connectivity index (χ3n) is 6.91. The summed E-state index contributed by atoms with van der Waals surface area (Å²) in [4.78, 5) is 22.1. The average molecular weight is 406 g/mol. The highest BCUT2D eigenvalue weighted by atomic mass is 16.5. The fourth-order valence-electron chi connectivity index (χ4n) is 5.03. The van der Waals surface area contributed by atoms with Gasteiger partial charge in [0.1, 0.15) is 6.07 Å². The lowest BCUT2D eigenvalue weighted by Gasteiger charge is -2.30. The van der Waals surface area contributed by atoms with E-state index < -0.39 is 0 Å². The number of benzene rings is 1. The monoisotopic (exact) mass is 405 g/mol. The maximum absolute atomic E-state index is 13.1. The minimum absolute atomic E-state index is 0.0128. The lowest BCUT2D eigenvalue weighted by molar-refractivity contribution is -0.127. The Labute approximate surface area is 176 Å². The Morgan fingerprint density at radius 1 is 1.37 bits per heavy atom. The molecule has 2 atom stereocenters. The van der Waals surface area contributed by atoms with Crippen LogP contribution in [0.25, 0.3) is 10.9 Å². The minimum Gasteiger partial charge on any atom is -0.374 e. The molecule has 1 N–H and O–H groups in total. The van der Waals surface area contributed by atoms with E-state index >= 15 is 0 Å². The number of amides is 1. The van der Waals surface area contributed by atoms with Gasteiger partial charge < -0.3 is 19.9 Å². The van der Waals surface area contributed by atoms with Gasteiger partial charge in [0.25, 0.3) is 0 Å². The number of nitriles is 1. The summed E-state index contributed by atoms with van der Waals surface area (Å²) >= 11 is 0. The van der Waals surface area contributed by atoms with Crippen LogP contribution in [-0.4, -0.2) is 68.3 Å². The summed E-state index contributed by atoms with van der Waals surface area (Å²) in [5.41, 5.74) is 2.46. The van der Waals surface area contributed by atoms with Gasteiger partial charge in [0, 0.05) is 55.4 Å². The molecule has 2 aliphatic heterocycles. The lowest BCUT2D eigenvalue weighted by atomic mass is 9.92. The molecule has 7 nitrogen and oxygen atoms in total. The molecular weight excluding hydrogens is 378 g/mol. The molecule has 30 heavy (non-hydrogen) atoms. The lowest BCUT2D eigenvalue weighted by Crippen LogP contribution is -2.47. The first-order valence-electron chi connectivity index (χ1n) is 10.7. The van der Waals surface area contributed by atoms with Crippen molar-refractivity contribution in [1.82, 2.24) is 15.2 Å². The fourth-order valence-corrected chi connectivity index (χ4v) is 5.03. The van der Waals surface area contributed by atoms with E-state index in [4.69, 9.17) is 4.74 Å². The van der Waals surface area contributed by atoms with E-state index in [1.807, 2.05) is 24.3 Å². The van der Waals surface area contributed by atoms with Gasteiger partial charge in [-0.1, -0.05) is 0 Å². The molecule has 1 saturated carbocycles. The van der Waals surface area contributed by atoms with Crippen LogP contribution in [-0.2, 0) is 9.53 Å². The van der Waals surface area contributed by atoms with Gasteiger partial charge in [-0.25, -0.2) is 0 Å². The molecule has 0 bridgehead atoms. The van der Waals surface area contributed by atoms with Crippen LogP contribution in [0.2, 0.25) is 0 Å². The third kappa shape index (κ3) is 3.40. The molecule has 5 rings (SSSR count). The Morgan fingerprint density at radius 3 is 3.00 bits per heavy atom. The molecule has 1 aliphatic carbocycles. The van der Waals surface area contributed by atoms with E-state index in [0.717, 1.165) is 55.7 Å². The zero-order chi connectivity index (χ0) is 20.7. The van der Waals surface area contributed by atoms with Crippen LogP contribution in [0, 0.1) is 22.7 Å². The number of pyridine rings is 1. The molecule has 1 amide bonds. The van der Waals surface area contributed by atoms with E-state index in [9.17, 15) is 10.1 Å². The molecule has 7 heteroatoms. The predicted octanol–water partition coefficient (Wildman–Crippen LogP) is 1.77. The zero-order valence-corrected chi connectivity index (χ0v) is 17.3. The quantitative estimate of drug-likeness (QED) is 0.835. The minimum atomic E-state index is -0.0128. The van der Waals surface area contributed by atoms with Gasteiger partial charge in [-0.2, -0.15) is 5.26 Å². The maximum Gasteiger partial charge on any atom is 0.225 e. The van der Waals surface area contributed by atoms with Gasteiger partial charge in [-0.15, -0.1) is 0 Å². The molecule has 3 fully saturated rings. The fraction of sp³-hybridized carbons (Fsp3) is 0.522. The second kappa shape index (κ2) is 7.53. The van der Waals surface area contributed by atoms with Crippen molar-refractivity contribution in [3.8, 4) is 6.07 Å². The number of rotatable bonds is 4. The first-order valence-corrected chi connectivity index (χ1v) is 10.7. The predicted molar refractivity (Wildman–Crippen MR) is 114 cm³/mol. The Hall–Kier alpha value is -2.69. The number of likely N-dealkylation sites (N-methyl/N-ethyl adjacent to an activating group) is 1. The smallest absolute Gasteiger partial charge is 0.225 e. The Bertz CT molecular complexity index is 1010. The second-order valence-corrected chi connectivity index (χ2v) is 8.94. The number of nitrogens with zero attached hydrogens (tertiary/aromatic N) is 4. The number of hydrogen-bond donors (Lipinski definition) is 1. The van der Waals surface area contributed by atoms with Gasteiger partial charge in [-0.3, -0.25) is 9.78 Å². The molecular formula is C23H27N5O2. The molecule has 1 spiro atoms. The van der Waals surface area contributed by atoms with Crippen molar-refractivity contribution in [2.45, 2.75) is 18.9 Å². The molecule has 2 unspecified atom stereocenters. The number of anilines is 1. The molecule has 156 valence electrons. The van der Waals surface area contributed by atoms with Crippen LogP contribution >= 0.6 is 0 Å². The van der Waals surface area contributed by atoms with Crippen LogP contribution < -0.4 is 10.2 Å². The summed E-state index contributed by atoms with van der Waals surface area (Å²) in [6.45, 7) is 4.67. The molecule has 1 aromatic heterocycles. The van der Waals surface area contributed by atoms with Gasteiger partial charge in [0.15, 0.2) is 0 Å². The molecule has 2 saturated heterocycles. The molecule has 1 aromatic carbocycles. The summed E-state index contributed by atoms with van der Waals surface area (Å²) in [5, 5.41) is 13.6. The van der Waals surface area contributed by atoms with Crippen LogP contribution in [0.5, 0.6) is 0 Å². The summed E-state index contributed by atoms with van der Waals surface area (Å²) < 4.78 is 5.79. The van der Waals surface area contributed by atoms with Crippen LogP contribution in [0.15, 0.2) is 30.5 Å². The summed E-state index contributed by atoms with van der Waals surface area (Å²) in [6, 6.07) is 10.0. The van der Waals surface area contributed by atoms with E-state index in [0.29, 0.717) is 18.7 Å². The van der Waals surface area contributed by atoms with Crippen molar-refractivity contribution >= 4 is 22.5 Å². The highest BCUT2D eigenvalue weighted by Crippen LogP contribution is 2.57. The van der Waals surface area contributed by atoms with Crippen molar-refractivity contribution in [1.29, 1.82) is 5.26 Å². The van der Waals surface area contributed by atoms with Crippen LogP contribution in [0.1, 0.15) is 18.4 Å². The van der Waals surface area contributed by atoms with E-state index in [2.05, 4.69) is 33.2 Å². The summed E-state index contributed by atoms with van der Waals surface area (Å²) in [7, 11) is 2.09. The Balaban J connectivity index is 1.33. The van der Waals surface area contributed by atoms with Gasteiger partial charge in [0.05, 0.1) is 29.7 Å². The topological polar surface area (TPSA) is 81.5 Å². The van der Waals surface area contributed by atoms with E-state index in [1.165, 1.54) is 0 Å². The summed E-state index contributed by atoms with van der Waals surface area (Å²) in [5.74, 6) is 0.129. The largest absolute Gasteiger partial charge is 0.374 e. The molecule has 3 aliphatic rings. The summed E-state index contributed by atoms with van der Waals surface area (Å²) in [6.07, 6.45) is 3.97. The number of carbonyl (C=O) groups is 1. The van der Waals surface area contributed by atoms with Gasteiger partial charge in [-0.05, 0) is 44.2 Å². The number of ether oxygens (including phenoxy) is 1. The number of hydrogen-bond acceptors (Lipinski definition) is 6. The highest BCUT2D eigenvalue weighted by Gasteiger charge is 2.57. The van der Waals surface area contributed by atoms with Crippen LogP contribution in [0.3, 0.4) is 0 Å². The molecule has 3 heterocycles. The van der Waals surface area contributed by atoms with Crippen molar-refractivity contribution in [2.75, 3.05) is 51.3 Å². The first kappa shape index (κ1) is 19.3. The average Bonchev–Trinajstić information content (AvgIpc) is 3.43. The number of fused-ring (bicyclic) bond motifs is 1. The van der Waals surface area contributed by atoms with Gasteiger partial charge >= 0.3 is 0 Å². The van der Waals surface area contributed by atoms with Gasteiger partial charge in [0.2, 0.25) is 5.91 Å².